The number of aryl methyl sites for hydroxylation is 2. The van der Waals surface area contributed by atoms with Crippen LogP contribution in [0.2, 0.25) is 0 Å². The highest BCUT2D eigenvalue weighted by molar-refractivity contribution is 7.92. The van der Waals surface area contributed by atoms with Gasteiger partial charge in [-0.1, -0.05) is 42.0 Å². The minimum Gasteiger partial charge on any atom is -0.352 e. The first kappa shape index (κ1) is 21.5. The predicted octanol–water partition coefficient (Wildman–Crippen LogP) is 4.18. The highest BCUT2D eigenvalue weighted by Crippen LogP contribution is 2.17. The van der Waals surface area contributed by atoms with E-state index in [0.717, 1.165) is 16.7 Å². The third-order valence-corrected chi connectivity index (χ3v) is 5.98. The Hall–Kier alpha value is -3.19. The van der Waals surface area contributed by atoms with Crippen molar-refractivity contribution < 1.29 is 17.6 Å². The van der Waals surface area contributed by atoms with E-state index in [1.165, 1.54) is 24.3 Å². The molecule has 0 aliphatic heterocycles. The van der Waals surface area contributed by atoms with Crippen molar-refractivity contribution in [3.05, 3.63) is 95.3 Å². The smallest absolute Gasteiger partial charge is 0.261 e. The Labute approximate surface area is 176 Å². The van der Waals surface area contributed by atoms with Crippen molar-refractivity contribution in [2.24, 2.45) is 0 Å². The molecule has 0 aliphatic rings. The SMILES string of the molecule is Cc1ccc(NS(=O)(=O)c2ccc(CCC(=O)NCc3ccc(F)cc3)cc2)cc1. The molecule has 0 spiro atoms. The van der Waals surface area contributed by atoms with Gasteiger partial charge >= 0.3 is 0 Å². The Kier molecular flexibility index (Phi) is 6.84. The van der Waals surface area contributed by atoms with Gasteiger partial charge in [0.15, 0.2) is 0 Å². The normalized spacial score (nSPS) is 11.1. The molecule has 156 valence electrons. The van der Waals surface area contributed by atoms with Gasteiger partial charge in [-0.2, -0.15) is 0 Å². The Bertz CT molecular complexity index is 1090. The van der Waals surface area contributed by atoms with E-state index in [2.05, 4.69) is 10.0 Å². The molecule has 7 heteroatoms. The molecule has 0 aliphatic carbocycles. The molecule has 3 aromatic carbocycles. The van der Waals surface area contributed by atoms with Crippen LogP contribution in [-0.2, 0) is 27.8 Å². The molecule has 2 N–H and O–H groups in total. The summed E-state index contributed by atoms with van der Waals surface area (Å²) >= 11 is 0. The number of carbonyl (C=O) groups is 1. The van der Waals surface area contributed by atoms with Gasteiger partial charge in [-0.15, -0.1) is 0 Å². The van der Waals surface area contributed by atoms with E-state index in [9.17, 15) is 17.6 Å². The molecule has 0 saturated heterocycles. The van der Waals surface area contributed by atoms with Gasteiger partial charge in [-0.3, -0.25) is 9.52 Å². The van der Waals surface area contributed by atoms with Gasteiger partial charge in [0.25, 0.3) is 10.0 Å². The molecule has 0 saturated carbocycles. The molecule has 3 rings (SSSR count). The van der Waals surface area contributed by atoms with Crippen LogP contribution >= 0.6 is 0 Å². The minimum absolute atomic E-state index is 0.128. The van der Waals surface area contributed by atoms with Gasteiger partial charge < -0.3 is 5.32 Å². The molecule has 0 aromatic heterocycles. The molecule has 1 amide bonds. The van der Waals surface area contributed by atoms with Crippen molar-refractivity contribution in [2.45, 2.75) is 31.2 Å². The largest absolute Gasteiger partial charge is 0.352 e. The number of amides is 1. The summed E-state index contributed by atoms with van der Waals surface area (Å²) in [6.45, 7) is 2.26. The average molecular weight is 427 g/mol. The standard InChI is InChI=1S/C23H23FN2O3S/c1-17-2-11-21(12-3-17)26-30(28,29)22-13-6-18(7-14-22)8-15-23(27)25-16-19-4-9-20(24)10-5-19/h2-7,9-14,26H,8,15-16H2,1H3,(H,25,27). The lowest BCUT2D eigenvalue weighted by Crippen LogP contribution is -2.23. The molecule has 5 nitrogen and oxygen atoms in total. The fourth-order valence-electron chi connectivity index (χ4n) is 2.82. The Morgan fingerprint density at radius 2 is 1.47 bits per heavy atom. The zero-order chi connectivity index (χ0) is 21.6. The fourth-order valence-corrected chi connectivity index (χ4v) is 3.88. The predicted molar refractivity (Wildman–Crippen MR) is 115 cm³/mol. The number of halogens is 1. The first-order valence-electron chi connectivity index (χ1n) is 9.51. The second kappa shape index (κ2) is 9.54. The van der Waals surface area contributed by atoms with Crippen LogP contribution in [0.5, 0.6) is 0 Å². The number of hydrogen-bond donors (Lipinski definition) is 2. The maximum atomic E-state index is 12.9. The van der Waals surface area contributed by atoms with E-state index in [1.807, 2.05) is 19.1 Å². The molecule has 0 unspecified atom stereocenters. The lowest BCUT2D eigenvalue weighted by molar-refractivity contribution is -0.121. The van der Waals surface area contributed by atoms with Gasteiger partial charge in [-0.05, 0) is 60.9 Å². The summed E-state index contributed by atoms with van der Waals surface area (Å²) in [5, 5.41) is 2.79. The lowest BCUT2D eigenvalue weighted by atomic mass is 10.1. The number of benzene rings is 3. The molecule has 0 radical (unpaired) electrons. The maximum Gasteiger partial charge on any atom is 0.261 e. The second-order valence-corrected chi connectivity index (χ2v) is 8.70. The third-order valence-electron chi connectivity index (χ3n) is 4.58. The van der Waals surface area contributed by atoms with Gasteiger partial charge in [0.2, 0.25) is 5.91 Å². The molecular weight excluding hydrogens is 403 g/mol. The molecule has 0 heterocycles. The van der Waals surface area contributed by atoms with Crippen molar-refractivity contribution in [1.29, 1.82) is 0 Å². The number of nitrogens with one attached hydrogen (secondary N) is 2. The van der Waals surface area contributed by atoms with E-state index in [-0.39, 0.29) is 23.0 Å². The summed E-state index contributed by atoms with van der Waals surface area (Å²) in [5.41, 5.74) is 3.23. The van der Waals surface area contributed by atoms with Crippen LogP contribution < -0.4 is 10.0 Å². The van der Waals surface area contributed by atoms with E-state index in [0.29, 0.717) is 18.7 Å². The van der Waals surface area contributed by atoms with Crippen molar-refractivity contribution in [1.82, 2.24) is 5.32 Å². The van der Waals surface area contributed by atoms with Crippen molar-refractivity contribution in [3.63, 3.8) is 0 Å². The third kappa shape index (κ3) is 6.15. The average Bonchev–Trinajstić information content (AvgIpc) is 2.73. The van der Waals surface area contributed by atoms with E-state index in [4.69, 9.17) is 0 Å². The van der Waals surface area contributed by atoms with Crippen molar-refractivity contribution in [3.8, 4) is 0 Å². The molecular formula is C23H23FN2O3S. The Balaban J connectivity index is 1.51. The zero-order valence-electron chi connectivity index (χ0n) is 16.6. The summed E-state index contributed by atoms with van der Waals surface area (Å²) in [6, 6.07) is 19.5. The number of hydrogen-bond acceptors (Lipinski definition) is 3. The van der Waals surface area contributed by atoms with Gasteiger partial charge in [0.1, 0.15) is 5.82 Å². The number of rotatable bonds is 8. The summed E-state index contributed by atoms with van der Waals surface area (Å²) in [6.07, 6.45) is 0.760. The second-order valence-electron chi connectivity index (χ2n) is 7.02. The summed E-state index contributed by atoms with van der Waals surface area (Å²) in [7, 11) is -3.67. The van der Waals surface area contributed by atoms with Gasteiger partial charge in [0, 0.05) is 18.7 Å². The minimum atomic E-state index is -3.67. The molecule has 30 heavy (non-hydrogen) atoms. The van der Waals surface area contributed by atoms with Gasteiger partial charge in [0.05, 0.1) is 4.90 Å². The zero-order valence-corrected chi connectivity index (χ0v) is 17.4. The van der Waals surface area contributed by atoms with Crippen LogP contribution in [0.25, 0.3) is 0 Å². The number of anilines is 1. The summed E-state index contributed by atoms with van der Waals surface area (Å²) in [5.74, 6) is -0.443. The topological polar surface area (TPSA) is 75.3 Å². The Morgan fingerprint density at radius 1 is 0.867 bits per heavy atom. The van der Waals surface area contributed by atoms with E-state index < -0.39 is 10.0 Å². The lowest BCUT2D eigenvalue weighted by Gasteiger charge is -2.09. The Morgan fingerprint density at radius 3 is 2.10 bits per heavy atom. The van der Waals surface area contributed by atoms with E-state index in [1.54, 1.807) is 36.4 Å². The van der Waals surface area contributed by atoms with E-state index >= 15 is 0 Å². The first-order chi connectivity index (χ1) is 14.3. The molecule has 0 fully saturated rings. The fraction of sp³-hybridized carbons (Fsp3) is 0.174. The van der Waals surface area contributed by atoms with Crippen molar-refractivity contribution in [2.75, 3.05) is 4.72 Å². The highest BCUT2D eigenvalue weighted by Gasteiger charge is 2.14. The molecule has 3 aromatic rings. The summed E-state index contributed by atoms with van der Waals surface area (Å²) in [4.78, 5) is 12.2. The van der Waals surface area contributed by atoms with Crippen molar-refractivity contribution >= 4 is 21.6 Å². The van der Waals surface area contributed by atoms with Crippen LogP contribution in [0, 0.1) is 12.7 Å². The number of carbonyl (C=O) groups excluding carboxylic acids is 1. The monoisotopic (exact) mass is 426 g/mol. The van der Waals surface area contributed by atoms with Gasteiger partial charge in [-0.25, -0.2) is 12.8 Å². The first-order valence-corrected chi connectivity index (χ1v) is 11.0. The van der Waals surface area contributed by atoms with Crippen LogP contribution in [0.4, 0.5) is 10.1 Å². The van der Waals surface area contributed by atoms with Crippen LogP contribution in [0.3, 0.4) is 0 Å². The number of sulfonamides is 1. The van der Waals surface area contributed by atoms with Crippen LogP contribution in [0.1, 0.15) is 23.1 Å². The maximum absolute atomic E-state index is 12.9. The summed E-state index contributed by atoms with van der Waals surface area (Å²) < 4.78 is 40.5. The quantitative estimate of drug-likeness (QED) is 0.567. The molecule has 0 bridgehead atoms. The molecule has 0 atom stereocenters. The highest BCUT2D eigenvalue weighted by atomic mass is 32.2. The van der Waals surface area contributed by atoms with Crippen LogP contribution in [0.15, 0.2) is 77.7 Å². The van der Waals surface area contributed by atoms with Crippen LogP contribution in [-0.4, -0.2) is 14.3 Å².